The van der Waals surface area contributed by atoms with Crippen molar-refractivity contribution in [3.05, 3.63) is 30.0 Å². The van der Waals surface area contributed by atoms with Crippen LogP contribution in [0.1, 0.15) is 34.6 Å². The van der Waals surface area contributed by atoms with Gasteiger partial charge < -0.3 is 4.74 Å². The van der Waals surface area contributed by atoms with Gasteiger partial charge in [0.05, 0.1) is 12.5 Å². The van der Waals surface area contributed by atoms with Gasteiger partial charge in [0.25, 0.3) is 0 Å². The van der Waals surface area contributed by atoms with Gasteiger partial charge in [-0.1, -0.05) is 45.9 Å². The first-order chi connectivity index (χ1) is 8.32. The second-order valence-corrected chi connectivity index (χ2v) is 5.74. The van der Waals surface area contributed by atoms with Crippen molar-refractivity contribution in [1.82, 2.24) is 0 Å². The van der Waals surface area contributed by atoms with Crippen molar-refractivity contribution in [3.8, 4) is 0 Å². The fraction of sp³-hybridized carbons (Fsp3) is 0.625. The van der Waals surface area contributed by atoms with Crippen LogP contribution in [0, 0.1) is 23.2 Å². The summed E-state index contributed by atoms with van der Waals surface area (Å²) >= 11 is 0. The summed E-state index contributed by atoms with van der Waals surface area (Å²) < 4.78 is 5.37. The van der Waals surface area contributed by atoms with E-state index in [1.807, 2.05) is 19.9 Å². The summed E-state index contributed by atoms with van der Waals surface area (Å²) in [5, 5.41) is 0. The maximum absolute atomic E-state index is 11.6. The molecule has 0 fully saturated rings. The lowest BCUT2D eigenvalue weighted by atomic mass is 9.72. The van der Waals surface area contributed by atoms with E-state index in [0.29, 0.717) is 12.5 Å². The predicted molar refractivity (Wildman–Crippen MR) is 74.0 cm³/mol. The predicted octanol–water partition coefficient (Wildman–Crippen LogP) is 3.75. The van der Waals surface area contributed by atoms with Gasteiger partial charge in [-0.25, -0.2) is 0 Å². The zero-order chi connectivity index (χ0) is 13.9. The molecule has 0 aromatic heterocycles. The van der Waals surface area contributed by atoms with E-state index in [1.165, 1.54) is 5.57 Å². The van der Waals surface area contributed by atoms with E-state index in [1.54, 1.807) is 0 Å². The van der Waals surface area contributed by atoms with Gasteiger partial charge in [0.1, 0.15) is 0 Å². The molecule has 1 aliphatic carbocycles. The lowest BCUT2D eigenvalue weighted by Crippen LogP contribution is -2.30. The minimum Gasteiger partial charge on any atom is -0.465 e. The third-order valence-corrected chi connectivity index (χ3v) is 4.17. The zero-order valence-corrected chi connectivity index (χ0v) is 12.1. The number of ether oxygens (including phenoxy) is 1. The molecule has 1 aliphatic rings. The van der Waals surface area contributed by atoms with Crippen LogP contribution in [0.3, 0.4) is 0 Å². The van der Waals surface area contributed by atoms with E-state index < -0.39 is 0 Å². The normalized spacial score (nSPS) is 30.9. The van der Waals surface area contributed by atoms with E-state index in [4.69, 9.17) is 4.74 Å². The number of rotatable bonds is 4. The van der Waals surface area contributed by atoms with Crippen molar-refractivity contribution < 1.29 is 9.53 Å². The standard InChI is InChI=1S/C16H24O2/c1-7-8-16(6)13(5)12(4)9-14(16)10-18-15(17)11(2)3/h8-9,11,13-14H,1,10H2,2-6H3. The van der Waals surface area contributed by atoms with Crippen LogP contribution in [-0.2, 0) is 9.53 Å². The number of carbonyl (C=O) groups excluding carboxylic acids is 1. The molecule has 3 unspecified atom stereocenters. The first kappa shape index (κ1) is 14.8. The summed E-state index contributed by atoms with van der Waals surface area (Å²) in [4.78, 5) is 11.6. The van der Waals surface area contributed by atoms with Gasteiger partial charge in [-0.3, -0.25) is 4.79 Å². The van der Waals surface area contributed by atoms with Crippen LogP contribution in [0.15, 0.2) is 30.0 Å². The van der Waals surface area contributed by atoms with E-state index in [9.17, 15) is 4.79 Å². The first-order valence-corrected chi connectivity index (χ1v) is 6.54. The summed E-state index contributed by atoms with van der Waals surface area (Å²) in [6.07, 6.45) is 4.23. The summed E-state index contributed by atoms with van der Waals surface area (Å²) in [6, 6.07) is 0. The van der Waals surface area contributed by atoms with Crippen LogP contribution in [0.2, 0.25) is 0 Å². The molecule has 1 rings (SSSR count). The van der Waals surface area contributed by atoms with Crippen LogP contribution in [0.25, 0.3) is 0 Å². The molecule has 0 N–H and O–H groups in total. The molecule has 0 heterocycles. The summed E-state index contributed by atoms with van der Waals surface area (Å²) in [5.74, 6) is 0.430. The molecule has 0 bridgehead atoms. The molecule has 0 aromatic carbocycles. The van der Waals surface area contributed by atoms with Crippen LogP contribution >= 0.6 is 0 Å². The quantitative estimate of drug-likeness (QED) is 0.430. The van der Waals surface area contributed by atoms with Gasteiger partial charge in [-0.15, -0.1) is 5.73 Å². The lowest BCUT2D eigenvalue weighted by molar-refractivity contribution is -0.149. The Bertz CT molecular complexity index is 399. The Morgan fingerprint density at radius 1 is 1.67 bits per heavy atom. The highest BCUT2D eigenvalue weighted by Gasteiger charge is 2.42. The molecule has 100 valence electrons. The molecule has 3 atom stereocenters. The third-order valence-electron chi connectivity index (χ3n) is 4.17. The SMILES string of the molecule is C=C=CC1(C)C(COC(=O)C(C)C)C=C(C)C1C. The molecule has 2 heteroatoms. The second-order valence-electron chi connectivity index (χ2n) is 5.74. The average molecular weight is 248 g/mol. The van der Waals surface area contributed by atoms with Gasteiger partial charge in [0.2, 0.25) is 0 Å². The number of allylic oxidation sites excluding steroid dienone is 2. The second kappa shape index (κ2) is 5.58. The van der Waals surface area contributed by atoms with Crippen molar-refractivity contribution in [3.63, 3.8) is 0 Å². The Morgan fingerprint density at radius 2 is 2.28 bits per heavy atom. The summed E-state index contributed by atoms with van der Waals surface area (Å²) in [5.41, 5.74) is 4.18. The summed E-state index contributed by atoms with van der Waals surface area (Å²) in [6.45, 7) is 14.3. The topological polar surface area (TPSA) is 26.3 Å². The molecular formula is C16H24O2. The minimum absolute atomic E-state index is 0.0525. The molecule has 0 radical (unpaired) electrons. The van der Waals surface area contributed by atoms with Crippen molar-refractivity contribution in [2.75, 3.05) is 6.61 Å². The van der Waals surface area contributed by atoms with E-state index in [2.05, 4.69) is 39.2 Å². The fourth-order valence-electron chi connectivity index (χ4n) is 2.47. The maximum Gasteiger partial charge on any atom is 0.308 e. The van der Waals surface area contributed by atoms with Gasteiger partial charge in [0, 0.05) is 11.3 Å². The highest BCUT2D eigenvalue weighted by molar-refractivity contribution is 5.71. The van der Waals surface area contributed by atoms with Gasteiger partial charge in [0.15, 0.2) is 0 Å². The molecule has 0 saturated heterocycles. The Labute approximate surface area is 110 Å². The third kappa shape index (κ3) is 2.76. The monoisotopic (exact) mass is 248 g/mol. The molecule has 2 nitrogen and oxygen atoms in total. The van der Waals surface area contributed by atoms with Crippen molar-refractivity contribution in [2.24, 2.45) is 23.2 Å². The van der Waals surface area contributed by atoms with Crippen LogP contribution in [0.5, 0.6) is 0 Å². The molecule has 18 heavy (non-hydrogen) atoms. The van der Waals surface area contributed by atoms with Gasteiger partial charge in [-0.2, -0.15) is 0 Å². The molecular weight excluding hydrogens is 224 g/mol. The zero-order valence-electron chi connectivity index (χ0n) is 12.1. The smallest absolute Gasteiger partial charge is 0.308 e. The minimum atomic E-state index is -0.134. The van der Waals surface area contributed by atoms with Crippen LogP contribution in [-0.4, -0.2) is 12.6 Å². The number of hydrogen-bond donors (Lipinski definition) is 0. The van der Waals surface area contributed by atoms with Gasteiger partial charge >= 0.3 is 5.97 Å². The molecule has 0 spiro atoms. The lowest BCUT2D eigenvalue weighted by Gasteiger charge is -2.32. The Balaban J connectivity index is 2.80. The number of hydrogen-bond acceptors (Lipinski definition) is 2. The number of carbonyl (C=O) groups is 1. The average Bonchev–Trinajstić information content (AvgIpc) is 2.51. The molecule has 0 saturated carbocycles. The fourth-order valence-corrected chi connectivity index (χ4v) is 2.47. The maximum atomic E-state index is 11.6. The Morgan fingerprint density at radius 3 is 2.78 bits per heavy atom. The Kier molecular flexibility index (Phi) is 4.59. The van der Waals surface area contributed by atoms with Crippen LogP contribution in [0.4, 0.5) is 0 Å². The molecule has 0 amide bonds. The van der Waals surface area contributed by atoms with E-state index >= 15 is 0 Å². The van der Waals surface area contributed by atoms with E-state index in [0.717, 1.165) is 0 Å². The van der Waals surface area contributed by atoms with E-state index in [-0.39, 0.29) is 23.2 Å². The van der Waals surface area contributed by atoms with Crippen LogP contribution < -0.4 is 0 Å². The highest BCUT2D eigenvalue weighted by atomic mass is 16.5. The number of esters is 1. The molecule has 0 aromatic rings. The Hall–Kier alpha value is -1.27. The first-order valence-electron chi connectivity index (χ1n) is 6.54. The van der Waals surface area contributed by atoms with Gasteiger partial charge in [-0.05, 0) is 18.9 Å². The largest absolute Gasteiger partial charge is 0.465 e. The highest BCUT2D eigenvalue weighted by Crippen LogP contribution is 2.47. The van der Waals surface area contributed by atoms with Crippen molar-refractivity contribution in [1.29, 1.82) is 0 Å². The van der Waals surface area contributed by atoms with Crippen molar-refractivity contribution >= 4 is 5.97 Å². The molecule has 0 aliphatic heterocycles. The van der Waals surface area contributed by atoms with Crippen molar-refractivity contribution in [2.45, 2.75) is 34.6 Å². The summed E-state index contributed by atoms with van der Waals surface area (Å²) in [7, 11) is 0.